The van der Waals surface area contributed by atoms with E-state index in [9.17, 15) is 18.0 Å². The highest BCUT2D eigenvalue weighted by atomic mass is 32.3. The van der Waals surface area contributed by atoms with Crippen LogP contribution in [0.1, 0.15) is 19.8 Å². The van der Waals surface area contributed by atoms with Crippen molar-refractivity contribution in [1.82, 2.24) is 20.8 Å². The molecule has 3 aliphatic rings. The van der Waals surface area contributed by atoms with Crippen LogP contribution < -0.4 is 10.8 Å². The minimum atomic E-state index is -4.84. The van der Waals surface area contributed by atoms with Crippen LogP contribution in [-0.2, 0) is 24.3 Å². The van der Waals surface area contributed by atoms with E-state index in [4.69, 9.17) is 9.39 Å². The van der Waals surface area contributed by atoms with Crippen LogP contribution in [0, 0.1) is 0 Å². The molecule has 0 aromatic rings. The third-order valence-corrected chi connectivity index (χ3v) is 4.71. The fourth-order valence-corrected chi connectivity index (χ4v) is 3.68. The molecule has 3 amide bonds. The molecule has 0 aliphatic carbocycles. The number of carbonyl (C=O) groups excluding carboxylic acids is 2. The quantitative estimate of drug-likeness (QED) is 0.303. The molecule has 11 nitrogen and oxygen atoms in total. The molecule has 0 aromatic carbocycles. The zero-order valence-electron chi connectivity index (χ0n) is 13.5. The molecule has 12 heteroatoms. The van der Waals surface area contributed by atoms with E-state index in [1.165, 1.54) is 0 Å². The Kier molecular flexibility index (Phi) is 4.97. The molecule has 3 N–H and O–H groups in total. The summed E-state index contributed by atoms with van der Waals surface area (Å²) in [7, 11) is -4.84. The van der Waals surface area contributed by atoms with Crippen LogP contribution in [0.25, 0.3) is 0 Å². The molecular weight excluding hydrogens is 356 g/mol. The number of amides is 3. The fraction of sp³-hybridized carbons (Fsp3) is 0.692. The molecule has 140 valence electrons. The van der Waals surface area contributed by atoms with Crippen LogP contribution in [0.5, 0.6) is 0 Å². The molecule has 0 saturated carbocycles. The van der Waals surface area contributed by atoms with Gasteiger partial charge in [0.2, 0.25) is 0 Å². The van der Waals surface area contributed by atoms with Crippen LogP contribution in [0.2, 0.25) is 0 Å². The normalized spacial score (nSPS) is 29.1. The van der Waals surface area contributed by atoms with E-state index >= 15 is 0 Å². The molecule has 2 bridgehead atoms. The van der Waals surface area contributed by atoms with Gasteiger partial charge in [-0.15, -0.1) is 4.28 Å². The SMILES string of the molecule is CC1=C[C@@H]2CN(C(=O)N2OS(=O)(=O)O)[C@@H]1C(=O)NOC[C@@H]1CCCN1. The third-order valence-electron chi connectivity index (χ3n) is 4.36. The number of hydrogen-bond donors (Lipinski definition) is 3. The molecule has 0 spiro atoms. The lowest BCUT2D eigenvalue weighted by atomic mass is 10.0. The van der Waals surface area contributed by atoms with Crippen molar-refractivity contribution >= 4 is 22.3 Å². The van der Waals surface area contributed by atoms with Gasteiger partial charge >= 0.3 is 16.4 Å². The zero-order chi connectivity index (χ0) is 18.2. The van der Waals surface area contributed by atoms with Crippen LogP contribution in [0.4, 0.5) is 4.79 Å². The fourth-order valence-electron chi connectivity index (χ4n) is 3.30. The van der Waals surface area contributed by atoms with Gasteiger partial charge in [-0.3, -0.25) is 14.2 Å². The average molecular weight is 376 g/mol. The van der Waals surface area contributed by atoms with E-state index in [0.717, 1.165) is 24.3 Å². The summed E-state index contributed by atoms with van der Waals surface area (Å²) in [6.45, 7) is 2.94. The van der Waals surface area contributed by atoms with Gasteiger partial charge in [0.05, 0.1) is 19.2 Å². The Balaban J connectivity index is 1.63. The number of hydroxylamine groups is 3. The Morgan fingerprint density at radius 3 is 2.92 bits per heavy atom. The second kappa shape index (κ2) is 6.88. The lowest BCUT2D eigenvalue weighted by Gasteiger charge is -2.28. The summed E-state index contributed by atoms with van der Waals surface area (Å²) in [5.74, 6) is -0.535. The molecule has 3 atom stereocenters. The summed E-state index contributed by atoms with van der Waals surface area (Å²) in [5.41, 5.74) is 2.88. The standard InChI is InChI=1S/C13H20N4O7S/c1-8-5-10-6-16(13(19)17(10)24-25(20,21)22)11(8)12(18)15-23-7-9-3-2-4-14-9/h5,9-11,14H,2-4,6-7H2,1H3,(H,15,18)(H,20,21,22)/t9-,10+,11-/m0/s1. The van der Waals surface area contributed by atoms with Crippen LogP contribution >= 0.6 is 0 Å². The zero-order valence-corrected chi connectivity index (χ0v) is 14.4. The summed E-state index contributed by atoms with van der Waals surface area (Å²) >= 11 is 0. The van der Waals surface area contributed by atoms with Crippen LogP contribution in [-0.4, -0.2) is 72.7 Å². The highest BCUT2D eigenvalue weighted by molar-refractivity contribution is 7.80. The van der Waals surface area contributed by atoms with E-state index in [2.05, 4.69) is 15.1 Å². The number of rotatable bonds is 6. The van der Waals surface area contributed by atoms with Gasteiger partial charge in [-0.05, 0) is 31.9 Å². The van der Waals surface area contributed by atoms with E-state index in [1.807, 2.05) is 0 Å². The first kappa shape index (κ1) is 18.1. The molecule has 0 radical (unpaired) electrons. The Morgan fingerprint density at radius 1 is 1.52 bits per heavy atom. The molecule has 25 heavy (non-hydrogen) atoms. The Morgan fingerprint density at radius 2 is 2.28 bits per heavy atom. The van der Waals surface area contributed by atoms with Crippen molar-refractivity contribution in [3.63, 3.8) is 0 Å². The van der Waals surface area contributed by atoms with Gasteiger partial charge < -0.3 is 10.2 Å². The van der Waals surface area contributed by atoms with Crippen molar-refractivity contribution in [1.29, 1.82) is 0 Å². The third kappa shape index (κ3) is 3.93. The summed E-state index contributed by atoms with van der Waals surface area (Å²) in [5, 5.41) is 3.76. The molecule has 2 fully saturated rings. The van der Waals surface area contributed by atoms with Gasteiger partial charge in [0.25, 0.3) is 5.91 Å². The topological polar surface area (TPSA) is 138 Å². The number of fused-ring (bicyclic) bond motifs is 2. The van der Waals surface area contributed by atoms with Gasteiger partial charge in [0, 0.05) is 6.04 Å². The van der Waals surface area contributed by atoms with Gasteiger partial charge in [-0.1, -0.05) is 6.08 Å². The van der Waals surface area contributed by atoms with Crippen molar-refractivity contribution in [2.24, 2.45) is 0 Å². The van der Waals surface area contributed by atoms with Gasteiger partial charge in [0.15, 0.2) is 0 Å². The Bertz CT molecular complexity index is 688. The number of carbonyl (C=O) groups is 2. The van der Waals surface area contributed by atoms with E-state index in [-0.39, 0.29) is 12.6 Å². The van der Waals surface area contributed by atoms with Crippen molar-refractivity contribution in [3.05, 3.63) is 11.6 Å². The van der Waals surface area contributed by atoms with Gasteiger partial charge in [-0.25, -0.2) is 10.3 Å². The summed E-state index contributed by atoms with van der Waals surface area (Å²) in [6.07, 6.45) is 3.57. The second-order valence-electron chi connectivity index (χ2n) is 6.21. The van der Waals surface area contributed by atoms with Crippen molar-refractivity contribution in [2.75, 3.05) is 19.7 Å². The first-order valence-electron chi connectivity index (χ1n) is 7.86. The van der Waals surface area contributed by atoms with E-state index in [0.29, 0.717) is 17.2 Å². The first-order chi connectivity index (χ1) is 11.8. The lowest BCUT2D eigenvalue weighted by molar-refractivity contribution is -0.137. The highest BCUT2D eigenvalue weighted by Gasteiger charge is 2.48. The first-order valence-corrected chi connectivity index (χ1v) is 9.23. The molecule has 3 rings (SSSR count). The van der Waals surface area contributed by atoms with Gasteiger partial charge in [-0.2, -0.15) is 13.5 Å². The molecule has 0 unspecified atom stereocenters. The highest BCUT2D eigenvalue weighted by Crippen LogP contribution is 2.30. The summed E-state index contributed by atoms with van der Waals surface area (Å²) in [6, 6.07) is -2.29. The lowest BCUT2D eigenvalue weighted by Crippen LogP contribution is -2.50. The summed E-state index contributed by atoms with van der Waals surface area (Å²) in [4.78, 5) is 31.1. The molecule has 0 aromatic heterocycles. The maximum absolute atomic E-state index is 12.4. The number of nitrogens with zero attached hydrogens (tertiary/aromatic N) is 2. The second-order valence-corrected chi connectivity index (χ2v) is 7.22. The average Bonchev–Trinajstić information content (AvgIpc) is 3.10. The smallest absolute Gasteiger partial charge is 0.312 e. The van der Waals surface area contributed by atoms with Crippen LogP contribution in [0.3, 0.4) is 0 Å². The predicted octanol–water partition coefficient (Wildman–Crippen LogP) is -1.04. The van der Waals surface area contributed by atoms with Gasteiger partial charge in [0.1, 0.15) is 6.04 Å². The Hall–Kier alpha value is -1.73. The Labute approximate surface area is 144 Å². The number of nitrogens with one attached hydrogen (secondary N) is 2. The number of urea groups is 1. The molecule has 2 saturated heterocycles. The van der Waals surface area contributed by atoms with E-state index in [1.54, 1.807) is 13.0 Å². The maximum Gasteiger partial charge on any atom is 0.418 e. The van der Waals surface area contributed by atoms with Crippen molar-refractivity contribution in [2.45, 2.75) is 37.9 Å². The monoisotopic (exact) mass is 376 g/mol. The largest absolute Gasteiger partial charge is 0.418 e. The number of hydrogen-bond acceptors (Lipinski definition) is 7. The van der Waals surface area contributed by atoms with Crippen LogP contribution in [0.15, 0.2) is 11.6 Å². The van der Waals surface area contributed by atoms with Crippen molar-refractivity contribution < 1.29 is 31.7 Å². The minimum absolute atomic E-state index is 0.0635. The molecule has 3 aliphatic heterocycles. The van der Waals surface area contributed by atoms with Crippen molar-refractivity contribution in [3.8, 4) is 0 Å². The molecule has 3 heterocycles. The predicted molar refractivity (Wildman–Crippen MR) is 83.0 cm³/mol. The summed E-state index contributed by atoms with van der Waals surface area (Å²) < 4.78 is 34.9. The minimum Gasteiger partial charge on any atom is -0.312 e. The maximum atomic E-state index is 12.4. The van der Waals surface area contributed by atoms with E-state index < -0.39 is 34.4 Å². The molecular formula is C13H20N4O7S.